The molecule has 2 aromatic carbocycles. The first kappa shape index (κ1) is 27.4. The number of aliphatic carboxylic acids is 1. The van der Waals surface area contributed by atoms with E-state index in [2.05, 4.69) is 51.2 Å². The average molecular weight is 546 g/mol. The van der Waals surface area contributed by atoms with Crippen LogP contribution >= 0.6 is 0 Å². The van der Waals surface area contributed by atoms with E-state index in [9.17, 15) is 9.90 Å². The summed E-state index contributed by atoms with van der Waals surface area (Å²) in [5, 5.41) is 17.7. The van der Waals surface area contributed by atoms with Gasteiger partial charge < -0.3 is 23.8 Å². The first-order valence-corrected chi connectivity index (χ1v) is 13.7. The van der Waals surface area contributed by atoms with Crippen LogP contribution in [0, 0.1) is 5.92 Å². The van der Waals surface area contributed by atoms with E-state index >= 15 is 0 Å². The van der Waals surface area contributed by atoms with E-state index in [-0.39, 0.29) is 0 Å². The van der Waals surface area contributed by atoms with E-state index in [0.29, 0.717) is 48.3 Å². The Morgan fingerprint density at radius 3 is 2.38 bits per heavy atom. The Morgan fingerprint density at radius 1 is 1.02 bits per heavy atom. The average Bonchev–Trinajstić information content (AvgIpc) is 3.46. The van der Waals surface area contributed by atoms with Crippen LogP contribution in [-0.2, 0) is 24.2 Å². The molecule has 4 aromatic rings. The van der Waals surface area contributed by atoms with Gasteiger partial charge in [0.15, 0.2) is 5.60 Å². The summed E-state index contributed by atoms with van der Waals surface area (Å²) in [6.07, 6.45) is 3.68. The Labute approximate surface area is 233 Å². The number of carbonyl (C=O) groups is 1. The molecule has 1 aliphatic rings. The Kier molecular flexibility index (Phi) is 7.86. The molecule has 2 aromatic heterocycles. The molecule has 40 heavy (non-hydrogen) atoms. The number of hydrogen-bond donors (Lipinski definition) is 1. The molecule has 1 aliphatic carbocycles. The lowest BCUT2D eigenvalue weighted by molar-refractivity contribution is -0.152. The molecule has 0 amide bonds. The van der Waals surface area contributed by atoms with Gasteiger partial charge >= 0.3 is 5.97 Å². The Hall–Kier alpha value is -4.21. The Balaban J connectivity index is 1.28. The molecule has 0 atom stereocenters. The summed E-state index contributed by atoms with van der Waals surface area (Å²) in [6, 6.07) is 15.6. The van der Waals surface area contributed by atoms with Crippen molar-refractivity contribution in [2.75, 3.05) is 11.4 Å². The minimum absolute atomic E-state index is 0.409. The van der Waals surface area contributed by atoms with Crippen LogP contribution in [0.1, 0.15) is 69.4 Å². The molecule has 210 valence electrons. The Bertz CT molecular complexity index is 1420. The molecule has 0 radical (unpaired) electrons. The van der Waals surface area contributed by atoms with Gasteiger partial charge in [-0.1, -0.05) is 55.4 Å². The summed E-state index contributed by atoms with van der Waals surface area (Å²) in [5.74, 6) is 2.84. The van der Waals surface area contributed by atoms with Gasteiger partial charge in [0.25, 0.3) is 5.95 Å². The number of nitrogens with zero attached hydrogens (tertiary/aromatic N) is 5. The highest BCUT2D eigenvalue weighted by Gasteiger charge is 2.30. The summed E-state index contributed by atoms with van der Waals surface area (Å²) < 4.78 is 16.6. The second-order valence-electron chi connectivity index (χ2n) is 11.2. The van der Waals surface area contributed by atoms with Gasteiger partial charge in [-0.25, -0.2) is 4.79 Å². The highest BCUT2D eigenvalue weighted by atomic mass is 16.5. The molecule has 10 heteroatoms. The standard InChI is InChI=1S/C30H35N5O5/c1-19(2)17-25-31-29(34-39-25)35(16-15-20-7-13-24(14-8-20)38-30(3,4)28(36)37)18-21-5-9-22(10-6-21)26-32-27(40-33-26)23-11-12-23/h5-10,13-14,19,23H,11-12,15-18H2,1-4H3,(H,36,37). The maximum absolute atomic E-state index is 11.4. The zero-order valence-electron chi connectivity index (χ0n) is 23.3. The highest BCUT2D eigenvalue weighted by molar-refractivity contribution is 5.76. The minimum atomic E-state index is -1.30. The monoisotopic (exact) mass is 545 g/mol. The molecule has 0 unspecified atom stereocenters. The number of ether oxygens (including phenoxy) is 1. The van der Waals surface area contributed by atoms with Crippen molar-refractivity contribution in [3.63, 3.8) is 0 Å². The first-order chi connectivity index (χ1) is 19.2. The summed E-state index contributed by atoms with van der Waals surface area (Å²) in [4.78, 5) is 22.7. The van der Waals surface area contributed by atoms with Gasteiger partial charge in [0.2, 0.25) is 17.6 Å². The Morgan fingerprint density at radius 2 is 1.73 bits per heavy atom. The number of carboxylic acids is 1. The fourth-order valence-electron chi connectivity index (χ4n) is 4.21. The third-order valence-electron chi connectivity index (χ3n) is 6.76. The molecular formula is C30H35N5O5. The molecule has 10 nitrogen and oxygen atoms in total. The van der Waals surface area contributed by atoms with Crippen molar-refractivity contribution in [2.45, 2.75) is 71.4 Å². The van der Waals surface area contributed by atoms with Gasteiger partial charge in [0, 0.05) is 31.0 Å². The summed E-state index contributed by atoms with van der Waals surface area (Å²) in [7, 11) is 0. The van der Waals surface area contributed by atoms with Gasteiger partial charge in [0.1, 0.15) is 5.75 Å². The van der Waals surface area contributed by atoms with Crippen LogP contribution in [-0.4, -0.2) is 43.5 Å². The van der Waals surface area contributed by atoms with Crippen molar-refractivity contribution < 1.29 is 23.7 Å². The second kappa shape index (κ2) is 11.5. The summed E-state index contributed by atoms with van der Waals surface area (Å²) >= 11 is 0. The van der Waals surface area contributed by atoms with E-state index in [1.807, 2.05) is 24.3 Å². The molecule has 0 aliphatic heterocycles. The van der Waals surface area contributed by atoms with Crippen molar-refractivity contribution in [1.82, 2.24) is 20.3 Å². The lowest BCUT2D eigenvalue weighted by Crippen LogP contribution is -2.37. The molecule has 1 saturated carbocycles. The first-order valence-electron chi connectivity index (χ1n) is 13.7. The van der Waals surface area contributed by atoms with Crippen molar-refractivity contribution in [3.8, 4) is 17.1 Å². The third-order valence-corrected chi connectivity index (χ3v) is 6.76. The maximum atomic E-state index is 11.4. The van der Waals surface area contributed by atoms with Crippen LogP contribution < -0.4 is 9.64 Å². The topological polar surface area (TPSA) is 128 Å². The summed E-state index contributed by atoms with van der Waals surface area (Å²) in [5.41, 5.74) is 1.78. The zero-order valence-corrected chi connectivity index (χ0v) is 23.3. The number of anilines is 1. The van der Waals surface area contributed by atoms with Crippen LogP contribution in [0.25, 0.3) is 11.4 Å². The molecule has 0 bridgehead atoms. The van der Waals surface area contributed by atoms with Gasteiger partial charge in [0.05, 0.1) is 0 Å². The molecule has 1 fully saturated rings. The second-order valence-corrected chi connectivity index (χ2v) is 11.2. The van der Waals surface area contributed by atoms with E-state index in [1.165, 1.54) is 13.8 Å². The van der Waals surface area contributed by atoms with Gasteiger partial charge in [-0.15, -0.1) is 0 Å². The van der Waals surface area contributed by atoms with E-state index in [0.717, 1.165) is 48.3 Å². The van der Waals surface area contributed by atoms with Crippen molar-refractivity contribution in [1.29, 1.82) is 0 Å². The van der Waals surface area contributed by atoms with Crippen LogP contribution in [0.3, 0.4) is 0 Å². The fourth-order valence-corrected chi connectivity index (χ4v) is 4.21. The fraction of sp³-hybridized carbons (Fsp3) is 0.433. The molecular weight excluding hydrogens is 510 g/mol. The van der Waals surface area contributed by atoms with Crippen molar-refractivity contribution in [2.24, 2.45) is 5.92 Å². The smallest absolute Gasteiger partial charge is 0.347 e. The molecule has 1 N–H and O–H groups in total. The number of carboxylic acid groups (broad SMARTS) is 1. The maximum Gasteiger partial charge on any atom is 0.347 e. The van der Waals surface area contributed by atoms with Crippen LogP contribution in [0.15, 0.2) is 57.6 Å². The van der Waals surface area contributed by atoms with E-state index < -0.39 is 11.6 Å². The minimum Gasteiger partial charge on any atom is -0.478 e. The number of hydrogen-bond acceptors (Lipinski definition) is 9. The molecule has 2 heterocycles. The predicted octanol–water partition coefficient (Wildman–Crippen LogP) is 5.69. The largest absolute Gasteiger partial charge is 0.478 e. The molecule has 5 rings (SSSR count). The normalized spacial score (nSPS) is 13.5. The zero-order chi connectivity index (χ0) is 28.3. The van der Waals surface area contributed by atoms with Crippen LogP contribution in [0.5, 0.6) is 5.75 Å². The highest BCUT2D eigenvalue weighted by Crippen LogP contribution is 2.39. The lowest BCUT2D eigenvalue weighted by atomic mass is 10.1. The number of aromatic nitrogens is 4. The quantitative estimate of drug-likeness (QED) is 0.224. The molecule has 0 saturated heterocycles. The van der Waals surface area contributed by atoms with Crippen LogP contribution in [0.2, 0.25) is 0 Å². The van der Waals surface area contributed by atoms with Crippen molar-refractivity contribution >= 4 is 11.9 Å². The van der Waals surface area contributed by atoms with Crippen LogP contribution in [0.4, 0.5) is 5.95 Å². The number of rotatable bonds is 13. The third kappa shape index (κ3) is 6.86. The van der Waals surface area contributed by atoms with Gasteiger partial charge in [-0.3, -0.25) is 0 Å². The van der Waals surface area contributed by atoms with Gasteiger partial charge in [-0.2, -0.15) is 9.97 Å². The van der Waals surface area contributed by atoms with E-state index in [4.69, 9.17) is 13.8 Å². The lowest BCUT2D eigenvalue weighted by Gasteiger charge is -2.22. The van der Waals surface area contributed by atoms with E-state index in [1.54, 1.807) is 12.1 Å². The van der Waals surface area contributed by atoms with Gasteiger partial charge in [-0.05, 0) is 67.4 Å². The SMILES string of the molecule is CC(C)Cc1nc(N(CCc2ccc(OC(C)(C)C(=O)O)cc2)Cc2ccc(-c3noc(C4CC4)n3)cc2)no1. The predicted molar refractivity (Wildman–Crippen MR) is 148 cm³/mol. The summed E-state index contributed by atoms with van der Waals surface area (Å²) in [6.45, 7) is 8.53. The van der Waals surface area contributed by atoms with Crippen molar-refractivity contribution in [3.05, 3.63) is 71.4 Å². The molecule has 0 spiro atoms. The number of benzene rings is 2.